The third kappa shape index (κ3) is 4.18. The molecule has 4 nitrogen and oxygen atoms in total. The molecular weight excluding hydrogens is 190 g/mol. The standard InChI is InChI=1S/C11H23N3O/c1-8(13)11(15)14-7-10-4-2-3-9(5-10)6-12/h8-10H,2-7,12-13H2,1H3,(H,14,15). The van der Waals surface area contributed by atoms with E-state index in [9.17, 15) is 4.79 Å². The van der Waals surface area contributed by atoms with E-state index in [0.29, 0.717) is 11.8 Å². The molecule has 4 heteroatoms. The van der Waals surface area contributed by atoms with E-state index in [0.717, 1.165) is 19.5 Å². The Bertz CT molecular complexity index is 206. The zero-order chi connectivity index (χ0) is 11.3. The van der Waals surface area contributed by atoms with Crippen molar-refractivity contribution in [3.05, 3.63) is 0 Å². The van der Waals surface area contributed by atoms with Gasteiger partial charge < -0.3 is 16.8 Å². The third-order valence-corrected chi connectivity index (χ3v) is 3.20. The first-order valence-electron chi connectivity index (χ1n) is 5.86. The molecule has 1 aliphatic carbocycles. The van der Waals surface area contributed by atoms with Crippen LogP contribution in [0.1, 0.15) is 32.6 Å². The number of hydrogen-bond acceptors (Lipinski definition) is 3. The van der Waals surface area contributed by atoms with Gasteiger partial charge in [0, 0.05) is 6.54 Å². The van der Waals surface area contributed by atoms with Crippen LogP contribution in [0.25, 0.3) is 0 Å². The fourth-order valence-corrected chi connectivity index (χ4v) is 2.21. The number of hydrogen-bond donors (Lipinski definition) is 3. The maximum Gasteiger partial charge on any atom is 0.236 e. The van der Waals surface area contributed by atoms with Gasteiger partial charge in [-0.1, -0.05) is 6.42 Å². The largest absolute Gasteiger partial charge is 0.354 e. The summed E-state index contributed by atoms with van der Waals surface area (Å²) in [4.78, 5) is 11.3. The molecule has 0 bridgehead atoms. The number of carbonyl (C=O) groups is 1. The number of nitrogens with two attached hydrogens (primary N) is 2. The summed E-state index contributed by atoms with van der Waals surface area (Å²) in [6, 6.07) is -0.404. The van der Waals surface area contributed by atoms with Crippen LogP contribution in [0.15, 0.2) is 0 Å². The summed E-state index contributed by atoms with van der Waals surface area (Å²) in [6.07, 6.45) is 4.83. The summed E-state index contributed by atoms with van der Waals surface area (Å²) < 4.78 is 0. The van der Waals surface area contributed by atoms with Crippen LogP contribution in [0.3, 0.4) is 0 Å². The average molecular weight is 213 g/mol. The molecule has 0 heterocycles. The average Bonchev–Trinajstić information content (AvgIpc) is 2.26. The predicted octanol–water partition coefficient (Wildman–Crippen LogP) is 0.215. The van der Waals surface area contributed by atoms with Gasteiger partial charge in [0.2, 0.25) is 5.91 Å². The third-order valence-electron chi connectivity index (χ3n) is 3.20. The summed E-state index contributed by atoms with van der Waals surface area (Å²) >= 11 is 0. The fourth-order valence-electron chi connectivity index (χ4n) is 2.21. The Hall–Kier alpha value is -0.610. The minimum atomic E-state index is -0.404. The number of rotatable bonds is 4. The Morgan fingerprint density at radius 1 is 1.47 bits per heavy atom. The molecule has 88 valence electrons. The van der Waals surface area contributed by atoms with Crippen molar-refractivity contribution in [3.8, 4) is 0 Å². The van der Waals surface area contributed by atoms with E-state index < -0.39 is 6.04 Å². The molecule has 0 aromatic rings. The SMILES string of the molecule is CC(N)C(=O)NCC1CCCC(CN)C1. The van der Waals surface area contributed by atoms with Crippen molar-refractivity contribution in [1.29, 1.82) is 0 Å². The van der Waals surface area contributed by atoms with Crippen molar-refractivity contribution in [2.45, 2.75) is 38.6 Å². The van der Waals surface area contributed by atoms with Crippen molar-refractivity contribution in [1.82, 2.24) is 5.32 Å². The molecule has 15 heavy (non-hydrogen) atoms. The zero-order valence-electron chi connectivity index (χ0n) is 9.54. The summed E-state index contributed by atoms with van der Waals surface area (Å²) in [5.41, 5.74) is 11.1. The highest BCUT2D eigenvalue weighted by molar-refractivity contribution is 5.80. The summed E-state index contributed by atoms with van der Waals surface area (Å²) in [6.45, 7) is 3.24. The fraction of sp³-hybridized carbons (Fsp3) is 0.909. The molecule has 1 aliphatic rings. The van der Waals surface area contributed by atoms with Crippen LogP contribution in [0.4, 0.5) is 0 Å². The monoisotopic (exact) mass is 213 g/mol. The van der Waals surface area contributed by atoms with Crippen LogP contribution in [0.2, 0.25) is 0 Å². The van der Waals surface area contributed by atoms with Gasteiger partial charge in [0.1, 0.15) is 0 Å². The van der Waals surface area contributed by atoms with Gasteiger partial charge in [-0.3, -0.25) is 4.79 Å². The lowest BCUT2D eigenvalue weighted by molar-refractivity contribution is -0.122. The minimum absolute atomic E-state index is 0.0510. The Morgan fingerprint density at radius 2 is 2.13 bits per heavy atom. The van der Waals surface area contributed by atoms with E-state index in [1.54, 1.807) is 6.92 Å². The molecule has 0 aromatic heterocycles. The van der Waals surface area contributed by atoms with Crippen LogP contribution in [-0.2, 0) is 4.79 Å². The Morgan fingerprint density at radius 3 is 2.73 bits per heavy atom. The first-order valence-corrected chi connectivity index (χ1v) is 5.86. The Balaban J connectivity index is 2.23. The molecule has 1 saturated carbocycles. The van der Waals surface area contributed by atoms with Crippen LogP contribution >= 0.6 is 0 Å². The molecule has 3 unspecified atom stereocenters. The lowest BCUT2D eigenvalue weighted by Crippen LogP contribution is -2.41. The molecule has 0 aromatic carbocycles. The predicted molar refractivity (Wildman–Crippen MR) is 61.2 cm³/mol. The molecular formula is C11H23N3O. The Kier molecular flexibility index (Phi) is 5.05. The number of nitrogens with one attached hydrogen (secondary N) is 1. The van der Waals surface area contributed by atoms with Gasteiger partial charge >= 0.3 is 0 Å². The van der Waals surface area contributed by atoms with E-state index in [1.165, 1.54) is 19.3 Å². The number of amides is 1. The van der Waals surface area contributed by atoms with Crippen LogP contribution < -0.4 is 16.8 Å². The van der Waals surface area contributed by atoms with Crippen LogP contribution in [0, 0.1) is 11.8 Å². The van der Waals surface area contributed by atoms with Gasteiger partial charge in [0.05, 0.1) is 6.04 Å². The zero-order valence-corrected chi connectivity index (χ0v) is 9.54. The topological polar surface area (TPSA) is 81.1 Å². The highest BCUT2D eigenvalue weighted by atomic mass is 16.2. The maximum absolute atomic E-state index is 11.3. The summed E-state index contributed by atoms with van der Waals surface area (Å²) in [7, 11) is 0. The van der Waals surface area contributed by atoms with Gasteiger partial charge in [0.25, 0.3) is 0 Å². The van der Waals surface area contributed by atoms with Gasteiger partial charge in [0.15, 0.2) is 0 Å². The van der Waals surface area contributed by atoms with Crippen LogP contribution in [0.5, 0.6) is 0 Å². The van der Waals surface area contributed by atoms with Gasteiger partial charge in [-0.2, -0.15) is 0 Å². The molecule has 0 saturated heterocycles. The molecule has 0 spiro atoms. The van der Waals surface area contributed by atoms with E-state index in [1.807, 2.05) is 0 Å². The smallest absolute Gasteiger partial charge is 0.236 e. The summed E-state index contributed by atoms with van der Waals surface area (Å²) in [5, 5.41) is 2.89. The second-order valence-corrected chi connectivity index (χ2v) is 4.67. The molecule has 1 amide bonds. The van der Waals surface area contributed by atoms with Crippen molar-refractivity contribution in [2.75, 3.05) is 13.1 Å². The first-order chi connectivity index (χ1) is 7.13. The van der Waals surface area contributed by atoms with E-state index in [2.05, 4.69) is 5.32 Å². The van der Waals surface area contributed by atoms with Crippen molar-refractivity contribution in [2.24, 2.45) is 23.3 Å². The van der Waals surface area contributed by atoms with Crippen molar-refractivity contribution < 1.29 is 4.79 Å². The second-order valence-electron chi connectivity index (χ2n) is 4.67. The molecule has 0 radical (unpaired) electrons. The number of carbonyl (C=O) groups excluding carboxylic acids is 1. The van der Waals surface area contributed by atoms with Gasteiger partial charge in [-0.15, -0.1) is 0 Å². The Labute approximate surface area is 91.8 Å². The lowest BCUT2D eigenvalue weighted by Gasteiger charge is -2.28. The molecule has 0 aliphatic heterocycles. The van der Waals surface area contributed by atoms with E-state index in [4.69, 9.17) is 11.5 Å². The van der Waals surface area contributed by atoms with Gasteiger partial charge in [-0.05, 0) is 44.6 Å². The quantitative estimate of drug-likeness (QED) is 0.624. The van der Waals surface area contributed by atoms with Crippen molar-refractivity contribution in [3.63, 3.8) is 0 Å². The van der Waals surface area contributed by atoms with Gasteiger partial charge in [-0.25, -0.2) is 0 Å². The highest BCUT2D eigenvalue weighted by Crippen LogP contribution is 2.27. The minimum Gasteiger partial charge on any atom is -0.354 e. The molecule has 3 atom stereocenters. The lowest BCUT2D eigenvalue weighted by atomic mass is 9.81. The van der Waals surface area contributed by atoms with Crippen molar-refractivity contribution >= 4 is 5.91 Å². The highest BCUT2D eigenvalue weighted by Gasteiger charge is 2.21. The summed E-state index contributed by atoms with van der Waals surface area (Å²) in [5.74, 6) is 1.19. The maximum atomic E-state index is 11.3. The second kappa shape index (κ2) is 6.08. The van der Waals surface area contributed by atoms with E-state index in [-0.39, 0.29) is 5.91 Å². The van der Waals surface area contributed by atoms with E-state index >= 15 is 0 Å². The normalized spacial score (nSPS) is 28.5. The van der Waals surface area contributed by atoms with Crippen LogP contribution in [-0.4, -0.2) is 25.0 Å². The molecule has 1 fully saturated rings. The molecule has 1 rings (SSSR count). The first kappa shape index (κ1) is 12.5. The molecule has 5 N–H and O–H groups in total.